The van der Waals surface area contributed by atoms with Crippen LogP contribution in [0.4, 0.5) is 20.6 Å². The molecule has 1 aliphatic heterocycles. The van der Waals surface area contributed by atoms with Crippen molar-refractivity contribution < 1.29 is 14.0 Å². The lowest BCUT2D eigenvalue weighted by Gasteiger charge is -2.31. The van der Waals surface area contributed by atoms with Crippen LogP contribution in [0.3, 0.4) is 0 Å². The van der Waals surface area contributed by atoms with Crippen molar-refractivity contribution in [2.45, 2.75) is 18.8 Å². The van der Waals surface area contributed by atoms with E-state index in [0.29, 0.717) is 34.5 Å². The van der Waals surface area contributed by atoms with E-state index in [9.17, 15) is 14.0 Å². The van der Waals surface area contributed by atoms with Crippen molar-refractivity contribution in [1.29, 1.82) is 0 Å². The van der Waals surface area contributed by atoms with Crippen molar-refractivity contribution in [3.8, 4) is 0 Å². The average Bonchev–Trinajstić information content (AvgIpc) is 3.26. The van der Waals surface area contributed by atoms with Crippen molar-refractivity contribution in [3.63, 3.8) is 0 Å². The van der Waals surface area contributed by atoms with Gasteiger partial charge in [0.25, 0.3) is 5.91 Å². The molecule has 1 saturated heterocycles. The number of nitrogens with one attached hydrogen (secondary N) is 2. The first-order valence-electron chi connectivity index (χ1n) is 9.70. The molecule has 0 aliphatic carbocycles. The van der Waals surface area contributed by atoms with Gasteiger partial charge in [0.1, 0.15) is 10.8 Å². The summed E-state index contributed by atoms with van der Waals surface area (Å²) in [7, 11) is 0. The molecule has 10 heteroatoms. The molecule has 0 radical (unpaired) electrons. The van der Waals surface area contributed by atoms with E-state index in [-0.39, 0.29) is 22.8 Å². The topological polar surface area (TPSA) is 87.2 Å². The quantitative estimate of drug-likeness (QED) is 0.575. The molecule has 31 heavy (non-hydrogen) atoms. The van der Waals surface area contributed by atoms with Gasteiger partial charge in [-0.1, -0.05) is 29.0 Å². The molecular formula is C21H19ClFN5O2S. The van der Waals surface area contributed by atoms with Crippen LogP contribution in [0.5, 0.6) is 0 Å². The van der Waals surface area contributed by atoms with Crippen molar-refractivity contribution in [1.82, 2.24) is 15.1 Å². The number of aromatic nitrogens is 2. The predicted octanol–water partition coefficient (Wildman–Crippen LogP) is 4.99. The number of amides is 3. The molecular weight excluding hydrogens is 441 g/mol. The van der Waals surface area contributed by atoms with Crippen LogP contribution in [0, 0.1) is 5.82 Å². The summed E-state index contributed by atoms with van der Waals surface area (Å²) in [5, 5.41) is 15.2. The van der Waals surface area contributed by atoms with Gasteiger partial charge in [-0.25, -0.2) is 9.18 Å². The average molecular weight is 460 g/mol. The van der Waals surface area contributed by atoms with E-state index in [4.69, 9.17) is 11.6 Å². The molecule has 2 aromatic carbocycles. The van der Waals surface area contributed by atoms with Crippen LogP contribution in [0.2, 0.25) is 5.02 Å². The molecule has 1 aromatic heterocycles. The number of halogens is 2. The molecule has 4 rings (SSSR count). The van der Waals surface area contributed by atoms with Crippen molar-refractivity contribution in [2.24, 2.45) is 0 Å². The third kappa shape index (κ3) is 5.36. The summed E-state index contributed by atoms with van der Waals surface area (Å²) >= 11 is 7.18. The first-order valence-corrected chi connectivity index (χ1v) is 10.9. The predicted molar refractivity (Wildman–Crippen MR) is 118 cm³/mol. The number of benzene rings is 2. The monoisotopic (exact) mass is 459 g/mol. The Kier molecular flexibility index (Phi) is 6.43. The fraction of sp³-hybridized carbons (Fsp3) is 0.238. The summed E-state index contributed by atoms with van der Waals surface area (Å²) in [5.74, 6) is -0.775. The summed E-state index contributed by atoms with van der Waals surface area (Å²) in [4.78, 5) is 26.8. The van der Waals surface area contributed by atoms with E-state index < -0.39 is 5.91 Å². The van der Waals surface area contributed by atoms with E-state index in [1.807, 2.05) is 0 Å². The van der Waals surface area contributed by atoms with Crippen molar-refractivity contribution >= 4 is 46.3 Å². The minimum Gasteiger partial charge on any atom is -0.324 e. The van der Waals surface area contributed by atoms with Crippen LogP contribution in [0.15, 0.2) is 48.5 Å². The summed E-state index contributed by atoms with van der Waals surface area (Å²) in [6.45, 7) is 1.13. The first-order chi connectivity index (χ1) is 15.0. The Morgan fingerprint density at radius 3 is 2.68 bits per heavy atom. The fourth-order valence-corrected chi connectivity index (χ4v) is 4.40. The molecule has 7 nitrogen and oxygen atoms in total. The Labute approximate surface area is 187 Å². The van der Waals surface area contributed by atoms with Gasteiger partial charge in [-0.05, 0) is 55.3 Å². The van der Waals surface area contributed by atoms with E-state index in [0.717, 1.165) is 12.8 Å². The van der Waals surface area contributed by atoms with Gasteiger partial charge in [-0.15, -0.1) is 10.2 Å². The number of nitrogens with zero attached hydrogens (tertiary/aromatic N) is 3. The lowest BCUT2D eigenvalue weighted by atomic mass is 9.99. The number of hydrogen-bond acceptors (Lipinski definition) is 5. The molecule has 1 atom stereocenters. The van der Waals surface area contributed by atoms with Gasteiger partial charge in [-0.3, -0.25) is 4.79 Å². The maximum absolute atomic E-state index is 13.0. The summed E-state index contributed by atoms with van der Waals surface area (Å²) in [6.07, 6.45) is 1.68. The van der Waals surface area contributed by atoms with Crippen LogP contribution < -0.4 is 10.6 Å². The van der Waals surface area contributed by atoms with Crippen LogP contribution >= 0.6 is 22.9 Å². The number of likely N-dealkylation sites (tertiary alicyclic amines) is 1. The number of carbonyl (C=O) groups is 2. The van der Waals surface area contributed by atoms with Crippen LogP contribution in [0.25, 0.3) is 0 Å². The number of anilines is 2. The molecule has 3 aromatic rings. The molecule has 3 amide bonds. The first kappa shape index (κ1) is 21.2. The second-order valence-corrected chi connectivity index (χ2v) is 8.58. The normalized spacial score (nSPS) is 16.1. The van der Waals surface area contributed by atoms with Gasteiger partial charge >= 0.3 is 6.03 Å². The van der Waals surface area contributed by atoms with E-state index in [2.05, 4.69) is 20.8 Å². The Balaban J connectivity index is 1.38. The largest absolute Gasteiger partial charge is 0.324 e. The van der Waals surface area contributed by atoms with Crippen LogP contribution in [-0.2, 0) is 0 Å². The zero-order chi connectivity index (χ0) is 21.8. The molecule has 0 unspecified atom stereocenters. The third-order valence-electron chi connectivity index (χ3n) is 4.87. The van der Waals surface area contributed by atoms with E-state index >= 15 is 0 Å². The van der Waals surface area contributed by atoms with Gasteiger partial charge in [0, 0.05) is 35.4 Å². The van der Waals surface area contributed by atoms with E-state index in [1.54, 1.807) is 29.2 Å². The Bertz CT molecular complexity index is 1090. The van der Waals surface area contributed by atoms with E-state index in [1.165, 1.54) is 35.6 Å². The molecule has 0 saturated carbocycles. The molecule has 1 aliphatic rings. The fourth-order valence-electron chi connectivity index (χ4n) is 3.34. The third-order valence-corrected chi connectivity index (χ3v) is 6.19. The molecule has 1 fully saturated rings. The lowest BCUT2D eigenvalue weighted by Crippen LogP contribution is -2.41. The highest BCUT2D eigenvalue weighted by Gasteiger charge is 2.28. The van der Waals surface area contributed by atoms with Gasteiger partial charge < -0.3 is 15.5 Å². The van der Waals surface area contributed by atoms with Gasteiger partial charge in [0.05, 0.1) is 0 Å². The smallest absolute Gasteiger partial charge is 0.321 e. The second-order valence-electron chi connectivity index (χ2n) is 7.13. The highest BCUT2D eigenvalue weighted by atomic mass is 35.5. The molecule has 2 N–H and O–H groups in total. The number of carbonyl (C=O) groups excluding carboxylic acids is 2. The number of piperidine rings is 1. The highest BCUT2D eigenvalue weighted by molar-refractivity contribution is 7.13. The van der Waals surface area contributed by atoms with Crippen molar-refractivity contribution in [3.05, 3.63) is 69.4 Å². The number of rotatable bonds is 4. The minimum atomic E-state index is -0.401. The number of hydrogen-bond donors (Lipinski definition) is 2. The zero-order valence-electron chi connectivity index (χ0n) is 16.3. The molecule has 2 heterocycles. The number of urea groups is 1. The Morgan fingerprint density at radius 1 is 1.10 bits per heavy atom. The Morgan fingerprint density at radius 2 is 1.90 bits per heavy atom. The maximum Gasteiger partial charge on any atom is 0.321 e. The summed E-state index contributed by atoms with van der Waals surface area (Å²) in [6, 6.07) is 12.3. The zero-order valence-corrected chi connectivity index (χ0v) is 17.9. The molecule has 0 spiro atoms. The molecule has 160 valence electrons. The standard InChI is InChI=1S/C21H19ClFN5O2S/c22-14-4-1-5-17(11-14)25-21(30)28-10-2-3-13(12-28)19-26-27-20(31-19)18(29)24-16-8-6-15(23)7-9-16/h1,4-9,11,13H,2-3,10,12H2,(H,24,29)(H,25,30)/t13-/m1/s1. The summed E-state index contributed by atoms with van der Waals surface area (Å²) in [5.41, 5.74) is 1.11. The highest BCUT2D eigenvalue weighted by Crippen LogP contribution is 2.30. The van der Waals surface area contributed by atoms with Gasteiger partial charge in [0.15, 0.2) is 0 Å². The van der Waals surface area contributed by atoms with Crippen LogP contribution in [-0.4, -0.2) is 40.1 Å². The maximum atomic E-state index is 13.0. The van der Waals surface area contributed by atoms with Crippen LogP contribution in [0.1, 0.15) is 33.6 Å². The SMILES string of the molecule is O=C(Nc1ccc(F)cc1)c1nnc([C@@H]2CCCN(C(=O)Nc3cccc(Cl)c3)C2)s1. The molecule has 0 bridgehead atoms. The van der Waals surface area contributed by atoms with Crippen molar-refractivity contribution in [2.75, 3.05) is 23.7 Å². The van der Waals surface area contributed by atoms with Gasteiger partial charge in [0.2, 0.25) is 5.01 Å². The lowest BCUT2D eigenvalue weighted by molar-refractivity contribution is 0.102. The second kappa shape index (κ2) is 9.40. The van der Waals surface area contributed by atoms with Gasteiger partial charge in [-0.2, -0.15) is 0 Å². The summed E-state index contributed by atoms with van der Waals surface area (Å²) < 4.78 is 13.0. The Hall–Kier alpha value is -3.04. The minimum absolute atomic E-state index is 0.00346.